The maximum Gasteiger partial charge on any atom is 0.161 e. The van der Waals surface area contributed by atoms with E-state index in [9.17, 15) is 0 Å². The molecule has 0 aromatic rings. The summed E-state index contributed by atoms with van der Waals surface area (Å²) in [6.07, 6.45) is -1.18. The number of hydrogen-bond acceptors (Lipinski definition) is 4. The molecule has 0 amide bonds. The van der Waals surface area contributed by atoms with Crippen LogP contribution >= 0.6 is 24.2 Å². The van der Waals surface area contributed by atoms with E-state index in [0.29, 0.717) is 0 Å². The Labute approximate surface area is 70.6 Å². The first kappa shape index (κ1) is 13.3. The molecule has 0 aromatic heterocycles. The van der Waals surface area contributed by atoms with E-state index in [4.69, 9.17) is 20.4 Å². The standard InChI is InChI=1S/C4H12O4P.BrH/c5-1-9(2-6,3-7)4-8;/h5-8H,1-4H2;1H/q+1;. The van der Waals surface area contributed by atoms with Gasteiger partial charge in [-0.05, 0) is 0 Å². The topological polar surface area (TPSA) is 80.9 Å². The third-order valence-corrected chi connectivity index (χ3v) is 3.60. The van der Waals surface area contributed by atoms with Crippen molar-refractivity contribution in [3.05, 3.63) is 0 Å². The second kappa shape index (κ2) is 6.46. The van der Waals surface area contributed by atoms with Crippen molar-refractivity contribution in [2.45, 2.75) is 0 Å². The first-order valence-electron chi connectivity index (χ1n) is 2.53. The molecule has 0 spiro atoms. The average molecular weight is 236 g/mol. The van der Waals surface area contributed by atoms with Crippen molar-refractivity contribution in [3.8, 4) is 0 Å². The van der Waals surface area contributed by atoms with Gasteiger partial charge in [0.25, 0.3) is 0 Å². The van der Waals surface area contributed by atoms with Crippen LogP contribution in [0.5, 0.6) is 0 Å². The summed E-state index contributed by atoms with van der Waals surface area (Å²) in [4.78, 5) is 0. The van der Waals surface area contributed by atoms with Crippen LogP contribution in [0, 0.1) is 0 Å². The predicted molar refractivity (Wildman–Crippen MR) is 45.6 cm³/mol. The van der Waals surface area contributed by atoms with Crippen molar-refractivity contribution in [1.29, 1.82) is 0 Å². The molecule has 0 atom stereocenters. The summed E-state index contributed by atoms with van der Waals surface area (Å²) < 4.78 is 0. The van der Waals surface area contributed by atoms with E-state index in [-0.39, 0.29) is 42.4 Å². The lowest BCUT2D eigenvalue weighted by Gasteiger charge is -2.15. The average Bonchev–Trinajstić information content (AvgIpc) is 1.95. The summed E-state index contributed by atoms with van der Waals surface area (Å²) in [5, 5.41) is 34.2. The fraction of sp³-hybridized carbons (Fsp3) is 1.00. The van der Waals surface area contributed by atoms with E-state index < -0.39 is 7.26 Å². The van der Waals surface area contributed by atoms with Gasteiger partial charge in [0.1, 0.15) is 7.26 Å². The van der Waals surface area contributed by atoms with Gasteiger partial charge < -0.3 is 20.4 Å². The monoisotopic (exact) mass is 235 g/mol. The zero-order chi connectivity index (χ0) is 7.33. The van der Waals surface area contributed by atoms with Gasteiger partial charge in [-0.15, -0.1) is 17.0 Å². The minimum Gasteiger partial charge on any atom is -0.361 e. The van der Waals surface area contributed by atoms with Crippen LogP contribution in [0.15, 0.2) is 0 Å². The van der Waals surface area contributed by atoms with Gasteiger partial charge >= 0.3 is 0 Å². The van der Waals surface area contributed by atoms with Crippen molar-refractivity contribution in [2.75, 3.05) is 25.4 Å². The molecule has 10 heavy (non-hydrogen) atoms. The fourth-order valence-corrected chi connectivity index (χ4v) is 0.805. The van der Waals surface area contributed by atoms with E-state index in [1.165, 1.54) is 0 Å². The summed E-state index contributed by atoms with van der Waals surface area (Å²) in [7, 11) is -2.20. The third kappa shape index (κ3) is 3.23. The Morgan fingerprint density at radius 1 is 0.700 bits per heavy atom. The van der Waals surface area contributed by atoms with E-state index in [2.05, 4.69) is 0 Å². The summed E-state index contributed by atoms with van der Waals surface area (Å²) in [5.74, 6) is 0. The number of hydrogen-bond donors (Lipinski definition) is 4. The van der Waals surface area contributed by atoms with Gasteiger partial charge in [0, 0.05) is 0 Å². The highest BCUT2D eigenvalue weighted by atomic mass is 79.9. The molecule has 0 bridgehead atoms. The second-order valence-corrected chi connectivity index (χ2v) is 5.72. The van der Waals surface area contributed by atoms with E-state index in [1.807, 2.05) is 0 Å². The summed E-state index contributed by atoms with van der Waals surface area (Å²) in [6, 6.07) is 0. The number of aliphatic hydroxyl groups is 4. The maximum atomic E-state index is 8.55. The number of rotatable bonds is 4. The van der Waals surface area contributed by atoms with Crippen molar-refractivity contribution >= 4 is 24.2 Å². The summed E-state index contributed by atoms with van der Waals surface area (Å²) in [6.45, 7) is 0. The molecule has 0 aliphatic carbocycles. The largest absolute Gasteiger partial charge is 0.361 e. The number of halogens is 1. The van der Waals surface area contributed by atoms with Crippen LogP contribution in [0.25, 0.3) is 0 Å². The Hall–Kier alpha value is 0.750. The lowest BCUT2D eigenvalue weighted by Crippen LogP contribution is -2.10. The fourth-order valence-electron chi connectivity index (χ4n) is 0.268. The quantitative estimate of drug-likeness (QED) is 0.490. The third-order valence-electron chi connectivity index (χ3n) is 1.20. The Balaban J connectivity index is 0. The summed E-state index contributed by atoms with van der Waals surface area (Å²) >= 11 is 0. The molecule has 6 heteroatoms. The van der Waals surface area contributed by atoms with Crippen LogP contribution in [0.2, 0.25) is 0 Å². The minimum absolute atomic E-state index is 0. The molecule has 4 N–H and O–H groups in total. The molecular weight excluding hydrogens is 223 g/mol. The Morgan fingerprint density at radius 2 is 0.900 bits per heavy atom. The van der Waals surface area contributed by atoms with Crippen molar-refractivity contribution in [1.82, 2.24) is 0 Å². The summed E-state index contributed by atoms with van der Waals surface area (Å²) in [5.41, 5.74) is 0. The van der Waals surface area contributed by atoms with E-state index >= 15 is 0 Å². The molecule has 0 aliphatic rings. The van der Waals surface area contributed by atoms with E-state index in [1.54, 1.807) is 0 Å². The van der Waals surface area contributed by atoms with Gasteiger partial charge in [-0.1, -0.05) is 0 Å². The Kier molecular flexibility index (Phi) is 8.62. The smallest absolute Gasteiger partial charge is 0.161 e. The molecule has 0 saturated carbocycles. The van der Waals surface area contributed by atoms with Gasteiger partial charge in [0.05, 0.1) is 0 Å². The van der Waals surface area contributed by atoms with Gasteiger partial charge in [-0.3, -0.25) is 0 Å². The molecule has 0 radical (unpaired) electrons. The highest BCUT2D eigenvalue weighted by molar-refractivity contribution is 8.93. The zero-order valence-corrected chi connectivity index (χ0v) is 8.08. The minimum atomic E-state index is -2.20. The second-order valence-electron chi connectivity index (χ2n) is 1.91. The molecule has 4 nitrogen and oxygen atoms in total. The van der Waals surface area contributed by atoms with Gasteiger partial charge in [0.2, 0.25) is 0 Å². The molecule has 0 saturated heterocycles. The zero-order valence-electron chi connectivity index (χ0n) is 5.47. The highest BCUT2D eigenvalue weighted by Crippen LogP contribution is 2.54. The Morgan fingerprint density at radius 3 is 0.900 bits per heavy atom. The Bertz CT molecular complexity index is 60.1. The predicted octanol–water partition coefficient (Wildman–Crippen LogP) is -0.619. The maximum absolute atomic E-state index is 8.55. The van der Waals surface area contributed by atoms with Gasteiger partial charge in [-0.2, -0.15) is 0 Å². The first-order chi connectivity index (χ1) is 4.24. The first-order valence-corrected chi connectivity index (χ1v) is 5.06. The molecule has 0 aliphatic heterocycles. The molecule has 0 unspecified atom stereocenters. The molecule has 0 aromatic carbocycles. The normalized spacial score (nSPS) is 10.8. The van der Waals surface area contributed by atoms with Crippen LogP contribution in [0.1, 0.15) is 0 Å². The van der Waals surface area contributed by atoms with Gasteiger partial charge in [-0.25, -0.2) is 0 Å². The molecule has 0 rings (SSSR count). The van der Waals surface area contributed by atoms with Crippen molar-refractivity contribution < 1.29 is 20.4 Å². The lowest BCUT2D eigenvalue weighted by atomic mass is 11.6. The SMILES string of the molecule is Br.OC[P+](CO)(CO)CO. The van der Waals surface area contributed by atoms with E-state index in [0.717, 1.165) is 0 Å². The lowest BCUT2D eigenvalue weighted by molar-refractivity contribution is 0.288. The van der Waals surface area contributed by atoms with Crippen LogP contribution in [-0.2, 0) is 0 Å². The van der Waals surface area contributed by atoms with Gasteiger partial charge in [0.15, 0.2) is 25.4 Å². The molecule has 0 heterocycles. The molecule has 64 valence electrons. The van der Waals surface area contributed by atoms with Crippen molar-refractivity contribution in [2.24, 2.45) is 0 Å². The molecular formula is C4H13BrO4P+. The van der Waals surface area contributed by atoms with Crippen LogP contribution in [0.4, 0.5) is 0 Å². The van der Waals surface area contributed by atoms with Crippen LogP contribution in [-0.4, -0.2) is 45.8 Å². The van der Waals surface area contributed by atoms with Crippen LogP contribution in [0.3, 0.4) is 0 Å². The highest BCUT2D eigenvalue weighted by Gasteiger charge is 2.34. The number of aliphatic hydroxyl groups excluding tert-OH is 4. The molecule has 0 fully saturated rings. The van der Waals surface area contributed by atoms with Crippen molar-refractivity contribution in [3.63, 3.8) is 0 Å². The van der Waals surface area contributed by atoms with Crippen LogP contribution < -0.4 is 0 Å².